The highest BCUT2D eigenvalue weighted by Crippen LogP contribution is 2.16. The molecule has 1 atom stereocenters. The van der Waals surface area contributed by atoms with Crippen molar-refractivity contribution in [3.63, 3.8) is 0 Å². The Hall–Kier alpha value is -1.55. The molecular formula is C17H26N2O2. The van der Waals surface area contributed by atoms with Gasteiger partial charge in [0.05, 0.1) is 0 Å². The van der Waals surface area contributed by atoms with Gasteiger partial charge in [0.15, 0.2) is 0 Å². The van der Waals surface area contributed by atoms with Crippen LogP contribution in [0.5, 0.6) is 0 Å². The van der Waals surface area contributed by atoms with Crippen LogP contribution in [0.1, 0.15) is 31.7 Å². The minimum Gasteiger partial charge on any atom is -0.445 e. The molecule has 1 aliphatic rings. The third-order valence-corrected chi connectivity index (χ3v) is 4.12. The van der Waals surface area contributed by atoms with E-state index >= 15 is 0 Å². The van der Waals surface area contributed by atoms with Crippen LogP contribution in [0, 0.1) is 0 Å². The predicted molar refractivity (Wildman–Crippen MR) is 84.1 cm³/mol. The van der Waals surface area contributed by atoms with Crippen molar-refractivity contribution < 1.29 is 9.53 Å². The summed E-state index contributed by atoms with van der Waals surface area (Å²) in [5.74, 6) is 0. The van der Waals surface area contributed by atoms with Gasteiger partial charge in [0.1, 0.15) is 6.61 Å². The normalized spacial score (nSPS) is 18.7. The number of likely N-dealkylation sites (N-methyl/N-ethyl adjacent to an activating group) is 1. The molecule has 0 saturated carbocycles. The molecule has 0 spiro atoms. The van der Waals surface area contributed by atoms with Crippen molar-refractivity contribution in [1.82, 2.24) is 9.80 Å². The summed E-state index contributed by atoms with van der Waals surface area (Å²) in [7, 11) is 1.85. The Morgan fingerprint density at radius 3 is 2.86 bits per heavy atom. The summed E-state index contributed by atoms with van der Waals surface area (Å²) in [5.41, 5.74) is 1.02. The van der Waals surface area contributed by atoms with Crippen LogP contribution in [0.15, 0.2) is 30.3 Å². The van der Waals surface area contributed by atoms with E-state index in [9.17, 15) is 4.79 Å². The Morgan fingerprint density at radius 2 is 2.14 bits per heavy atom. The molecule has 4 nitrogen and oxygen atoms in total. The van der Waals surface area contributed by atoms with Gasteiger partial charge in [-0.2, -0.15) is 0 Å². The number of amides is 1. The number of hydrogen-bond acceptors (Lipinski definition) is 3. The van der Waals surface area contributed by atoms with Gasteiger partial charge in [-0.25, -0.2) is 4.79 Å². The van der Waals surface area contributed by atoms with Crippen LogP contribution in [0.2, 0.25) is 0 Å². The summed E-state index contributed by atoms with van der Waals surface area (Å²) in [4.78, 5) is 16.3. The van der Waals surface area contributed by atoms with Crippen molar-refractivity contribution in [2.24, 2.45) is 0 Å². The average Bonchev–Trinajstić information content (AvgIpc) is 2.99. The predicted octanol–water partition coefficient (Wildman–Crippen LogP) is 3.13. The van der Waals surface area contributed by atoms with Gasteiger partial charge < -0.3 is 14.5 Å². The Balaban J connectivity index is 1.75. The summed E-state index contributed by atoms with van der Waals surface area (Å²) in [5, 5.41) is 0. The van der Waals surface area contributed by atoms with E-state index in [0.29, 0.717) is 6.61 Å². The lowest BCUT2D eigenvalue weighted by Crippen LogP contribution is -2.39. The number of carbonyl (C=O) groups excluding carboxylic acids is 1. The van der Waals surface area contributed by atoms with Gasteiger partial charge in [-0.3, -0.25) is 0 Å². The largest absolute Gasteiger partial charge is 0.445 e. The summed E-state index contributed by atoms with van der Waals surface area (Å²) in [6, 6.07) is 10.1. The maximum Gasteiger partial charge on any atom is 0.410 e. The maximum absolute atomic E-state index is 12.1. The topological polar surface area (TPSA) is 32.8 Å². The van der Waals surface area contributed by atoms with Crippen LogP contribution in [0.4, 0.5) is 4.79 Å². The second-order valence-electron chi connectivity index (χ2n) is 5.75. The van der Waals surface area contributed by atoms with Gasteiger partial charge in [0, 0.05) is 26.2 Å². The lowest BCUT2D eigenvalue weighted by atomic mass is 10.2. The van der Waals surface area contributed by atoms with Crippen LogP contribution in [-0.2, 0) is 11.3 Å². The lowest BCUT2D eigenvalue weighted by Gasteiger charge is -2.24. The van der Waals surface area contributed by atoms with Crippen molar-refractivity contribution in [2.75, 3.05) is 26.7 Å². The van der Waals surface area contributed by atoms with Crippen molar-refractivity contribution in [3.05, 3.63) is 35.9 Å². The summed E-state index contributed by atoms with van der Waals surface area (Å²) < 4.78 is 5.39. The van der Waals surface area contributed by atoms with Crippen LogP contribution in [0.3, 0.4) is 0 Å². The van der Waals surface area contributed by atoms with E-state index in [1.54, 1.807) is 4.90 Å². The van der Waals surface area contributed by atoms with Gasteiger partial charge in [-0.15, -0.1) is 0 Å². The van der Waals surface area contributed by atoms with Gasteiger partial charge in [0.25, 0.3) is 0 Å². The molecule has 1 aromatic rings. The third kappa shape index (κ3) is 4.74. The van der Waals surface area contributed by atoms with Gasteiger partial charge in [-0.05, 0) is 24.9 Å². The average molecular weight is 290 g/mol. The fraction of sp³-hybridized carbons (Fsp3) is 0.588. The molecule has 1 aromatic carbocycles. The molecule has 1 heterocycles. The minimum atomic E-state index is -0.221. The standard InChI is InChI=1S/C17H26N2O2/c1-3-4-11-19-12-10-16(13-19)18(2)17(20)21-14-15-8-6-5-7-9-15/h5-9,16H,3-4,10-14H2,1-2H3. The van der Waals surface area contributed by atoms with Gasteiger partial charge >= 0.3 is 6.09 Å². The number of ether oxygens (including phenoxy) is 1. The zero-order valence-electron chi connectivity index (χ0n) is 13.1. The molecule has 1 unspecified atom stereocenters. The van der Waals surface area contributed by atoms with Crippen molar-refractivity contribution in [1.29, 1.82) is 0 Å². The molecule has 2 rings (SSSR count). The number of hydrogen-bond donors (Lipinski definition) is 0. The molecule has 1 amide bonds. The van der Waals surface area contributed by atoms with Gasteiger partial charge in [0.2, 0.25) is 0 Å². The number of rotatable bonds is 6. The van der Waals surface area contributed by atoms with E-state index in [0.717, 1.165) is 31.6 Å². The molecule has 4 heteroatoms. The first-order valence-corrected chi connectivity index (χ1v) is 7.86. The molecule has 0 N–H and O–H groups in total. The first kappa shape index (κ1) is 15.8. The quantitative estimate of drug-likeness (QED) is 0.807. The van der Waals surface area contributed by atoms with E-state index in [4.69, 9.17) is 4.74 Å². The molecule has 1 saturated heterocycles. The number of unbranched alkanes of at least 4 members (excludes halogenated alkanes) is 1. The number of benzene rings is 1. The smallest absolute Gasteiger partial charge is 0.410 e. The molecule has 1 fully saturated rings. The Kier molecular flexibility index (Phi) is 6.05. The zero-order chi connectivity index (χ0) is 15.1. The highest BCUT2D eigenvalue weighted by atomic mass is 16.6. The third-order valence-electron chi connectivity index (χ3n) is 4.12. The Bertz CT molecular complexity index is 436. The van der Waals surface area contributed by atoms with E-state index in [1.807, 2.05) is 37.4 Å². The monoisotopic (exact) mass is 290 g/mol. The molecule has 0 aromatic heterocycles. The van der Waals surface area contributed by atoms with E-state index in [2.05, 4.69) is 11.8 Å². The van der Waals surface area contributed by atoms with Crippen LogP contribution >= 0.6 is 0 Å². The molecule has 116 valence electrons. The highest BCUT2D eigenvalue weighted by molar-refractivity contribution is 5.67. The fourth-order valence-corrected chi connectivity index (χ4v) is 2.68. The first-order valence-electron chi connectivity index (χ1n) is 7.86. The highest BCUT2D eigenvalue weighted by Gasteiger charge is 2.28. The van der Waals surface area contributed by atoms with E-state index in [-0.39, 0.29) is 12.1 Å². The number of carbonyl (C=O) groups is 1. The van der Waals surface area contributed by atoms with Crippen molar-refractivity contribution >= 4 is 6.09 Å². The summed E-state index contributed by atoms with van der Waals surface area (Å²) >= 11 is 0. The zero-order valence-corrected chi connectivity index (χ0v) is 13.1. The molecular weight excluding hydrogens is 264 g/mol. The summed E-state index contributed by atoms with van der Waals surface area (Å²) in [6.07, 6.45) is 3.27. The molecule has 0 radical (unpaired) electrons. The Labute approximate surface area is 127 Å². The second-order valence-corrected chi connectivity index (χ2v) is 5.75. The maximum atomic E-state index is 12.1. The minimum absolute atomic E-state index is 0.221. The second kappa shape index (κ2) is 8.03. The van der Waals surface area contributed by atoms with Crippen LogP contribution in [-0.4, -0.2) is 48.6 Å². The molecule has 0 bridgehead atoms. The van der Waals surface area contributed by atoms with Gasteiger partial charge in [-0.1, -0.05) is 43.7 Å². The SMILES string of the molecule is CCCCN1CCC(N(C)C(=O)OCc2ccccc2)C1. The number of nitrogens with zero attached hydrogens (tertiary/aromatic N) is 2. The van der Waals surface area contributed by atoms with Crippen molar-refractivity contribution in [2.45, 2.75) is 38.8 Å². The van der Waals surface area contributed by atoms with E-state index in [1.165, 1.54) is 12.8 Å². The molecule has 1 aliphatic heterocycles. The van der Waals surface area contributed by atoms with E-state index < -0.39 is 0 Å². The summed E-state index contributed by atoms with van der Waals surface area (Å²) in [6.45, 7) is 5.74. The molecule has 0 aliphatic carbocycles. The Morgan fingerprint density at radius 1 is 1.38 bits per heavy atom. The number of likely N-dealkylation sites (tertiary alicyclic amines) is 1. The fourth-order valence-electron chi connectivity index (χ4n) is 2.68. The molecule has 21 heavy (non-hydrogen) atoms. The first-order chi connectivity index (χ1) is 10.2. The van der Waals surface area contributed by atoms with Crippen LogP contribution < -0.4 is 0 Å². The van der Waals surface area contributed by atoms with Crippen molar-refractivity contribution in [3.8, 4) is 0 Å². The van der Waals surface area contributed by atoms with Crippen LogP contribution in [0.25, 0.3) is 0 Å². The lowest BCUT2D eigenvalue weighted by molar-refractivity contribution is 0.0917.